The van der Waals surface area contributed by atoms with Gasteiger partial charge in [-0.1, -0.05) is 30.3 Å². The first kappa shape index (κ1) is 12.4. The van der Waals surface area contributed by atoms with Crippen molar-refractivity contribution in [3.05, 3.63) is 35.9 Å². The maximum absolute atomic E-state index is 12.2. The summed E-state index contributed by atoms with van der Waals surface area (Å²) < 4.78 is 36.5. The van der Waals surface area contributed by atoms with E-state index >= 15 is 0 Å². The molecule has 0 heterocycles. The topological polar surface area (TPSA) is 26.0 Å². The molecule has 0 spiro atoms. The van der Waals surface area contributed by atoms with Crippen LogP contribution in [0.1, 0.15) is 31.2 Å². The van der Waals surface area contributed by atoms with E-state index in [1.165, 1.54) is 0 Å². The molecule has 2 N–H and O–H groups in total. The lowest BCUT2D eigenvalue weighted by Crippen LogP contribution is -2.35. The molecule has 1 fully saturated rings. The zero-order valence-electron chi connectivity index (χ0n) is 9.50. The normalized spacial score (nSPS) is 20.0. The number of halogens is 3. The Morgan fingerprint density at radius 3 is 2.24 bits per heavy atom. The average molecular weight is 243 g/mol. The van der Waals surface area contributed by atoms with E-state index in [1.807, 2.05) is 30.3 Å². The third-order valence-corrected chi connectivity index (χ3v) is 3.59. The van der Waals surface area contributed by atoms with Gasteiger partial charge in [-0.2, -0.15) is 13.2 Å². The molecule has 1 aliphatic rings. The summed E-state index contributed by atoms with van der Waals surface area (Å²) in [5.41, 5.74) is 6.83. The minimum atomic E-state index is -4.11. The van der Waals surface area contributed by atoms with E-state index in [0.717, 1.165) is 18.4 Å². The van der Waals surface area contributed by atoms with Gasteiger partial charge in [-0.15, -0.1) is 0 Å². The van der Waals surface area contributed by atoms with E-state index in [9.17, 15) is 13.2 Å². The molecule has 1 nitrogen and oxygen atoms in total. The van der Waals surface area contributed by atoms with Crippen LogP contribution in [0.25, 0.3) is 0 Å². The van der Waals surface area contributed by atoms with Crippen molar-refractivity contribution in [2.75, 3.05) is 0 Å². The molecule has 4 heteroatoms. The predicted octanol–water partition coefficient (Wildman–Crippen LogP) is 3.39. The van der Waals surface area contributed by atoms with Gasteiger partial charge in [0.2, 0.25) is 0 Å². The van der Waals surface area contributed by atoms with Gasteiger partial charge in [0.15, 0.2) is 0 Å². The minimum Gasteiger partial charge on any atom is -0.327 e. The molecule has 0 aromatic heterocycles. The van der Waals surface area contributed by atoms with E-state index in [1.54, 1.807) is 0 Å². The summed E-state index contributed by atoms with van der Waals surface area (Å²) in [6.45, 7) is 0. The van der Waals surface area contributed by atoms with Crippen molar-refractivity contribution in [1.29, 1.82) is 0 Å². The first-order chi connectivity index (χ1) is 7.94. The van der Waals surface area contributed by atoms with Crippen LogP contribution >= 0.6 is 0 Å². The van der Waals surface area contributed by atoms with E-state index in [4.69, 9.17) is 5.73 Å². The number of hydrogen-bond donors (Lipinski definition) is 1. The lowest BCUT2D eigenvalue weighted by atomic mass is 9.86. The summed E-state index contributed by atoms with van der Waals surface area (Å²) in [6.07, 6.45) is -3.09. The van der Waals surface area contributed by atoms with Crippen LogP contribution in [0.2, 0.25) is 0 Å². The zero-order valence-corrected chi connectivity index (χ0v) is 9.50. The fourth-order valence-corrected chi connectivity index (χ4v) is 2.37. The molecule has 94 valence electrons. The van der Waals surface area contributed by atoms with E-state index in [2.05, 4.69) is 0 Å². The lowest BCUT2D eigenvalue weighted by Gasteiger charge is -2.24. The average Bonchev–Trinajstić information content (AvgIpc) is 3.07. The smallest absolute Gasteiger partial charge is 0.327 e. The van der Waals surface area contributed by atoms with Gasteiger partial charge >= 0.3 is 6.18 Å². The van der Waals surface area contributed by atoms with Crippen molar-refractivity contribution in [3.63, 3.8) is 0 Å². The van der Waals surface area contributed by atoms with Crippen molar-refractivity contribution in [2.45, 2.75) is 43.3 Å². The molecule has 1 atom stereocenters. The van der Waals surface area contributed by atoms with Gasteiger partial charge in [-0.3, -0.25) is 0 Å². The van der Waals surface area contributed by atoms with E-state index in [0.29, 0.717) is 0 Å². The molecular formula is C13H16F3N. The molecular weight excluding hydrogens is 227 g/mol. The van der Waals surface area contributed by atoms with Crippen molar-refractivity contribution >= 4 is 0 Å². The standard InChI is InChI=1S/C13H16F3N/c14-13(15,16)7-6-11(17)12(8-9-12)10-4-2-1-3-5-10/h1-5,11H,6-9,17H2. The van der Waals surface area contributed by atoms with Gasteiger partial charge in [0.05, 0.1) is 0 Å². The maximum Gasteiger partial charge on any atom is 0.389 e. The Morgan fingerprint density at radius 1 is 1.18 bits per heavy atom. The molecule has 0 radical (unpaired) electrons. The zero-order chi connectivity index (χ0) is 12.5. The van der Waals surface area contributed by atoms with Gasteiger partial charge in [0.25, 0.3) is 0 Å². The first-order valence-corrected chi connectivity index (χ1v) is 5.82. The SMILES string of the molecule is NC(CCC(F)(F)F)C1(c2ccccc2)CC1. The highest BCUT2D eigenvalue weighted by Crippen LogP contribution is 2.51. The second-order valence-electron chi connectivity index (χ2n) is 4.78. The monoisotopic (exact) mass is 243 g/mol. The van der Waals surface area contributed by atoms with Crippen LogP contribution in [-0.4, -0.2) is 12.2 Å². The molecule has 17 heavy (non-hydrogen) atoms. The second kappa shape index (κ2) is 4.33. The molecule has 0 bridgehead atoms. The van der Waals surface area contributed by atoms with Gasteiger partial charge in [0, 0.05) is 17.9 Å². The van der Waals surface area contributed by atoms with Crippen LogP contribution in [0.5, 0.6) is 0 Å². The third-order valence-electron chi connectivity index (χ3n) is 3.59. The van der Waals surface area contributed by atoms with Crippen LogP contribution in [0.15, 0.2) is 30.3 Å². The van der Waals surface area contributed by atoms with Crippen molar-refractivity contribution in [2.24, 2.45) is 5.73 Å². The number of nitrogens with two attached hydrogens (primary N) is 1. The lowest BCUT2D eigenvalue weighted by molar-refractivity contribution is -0.136. The van der Waals surface area contributed by atoms with Crippen LogP contribution in [0.4, 0.5) is 13.2 Å². The summed E-state index contributed by atoms with van der Waals surface area (Å²) in [4.78, 5) is 0. The fourth-order valence-electron chi connectivity index (χ4n) is 2.37. The van der Waals surface area contributed by atoms with Crippen LogP contribution < -0.4 is 5.73 Å². The van der Waals surface area contributed by atoms with Crippen LogP contribution in [-0.2, 0) is 5.41 Å². The quantitative estimate of drug-likeness (QED) is 0.861. The first-order valence-electron chi connectivity index (χ1n) is 5.82. The highest BCUT2D eigenvalue weighted by Gasteiger charge is 2.49. The van der Waals surface area contributed by atoms with Crippen LogP contribution in [0, 0.1) is 0 Å². The molecule has 0 amide bonds. The number of alkyl halides is 3. The molecule has 0 saturated heterocycles. The summed E-state index contributed by atoms with van der Waals surface area (Å²) in [7, 11) is 0. The Labute approximate surface area is 98.8 Å². The largest absolute Gasteiger partial charge is 0.389 e. The summed E-state index contributed by atoms with van der Waals surface area (Å²) in [5, 5.41) is 0. The highest BCUT2D eigenvalue weighted by molar-refractivity contribution is 5.33. The Morgan fingerprint density at radius 2 is 1.76 bits per heavy atom. The fraction of sp³-hybridized carbons (Fsp3) is 0.538. The van der Waals surface area contributed by atoms with Gasteiger partial charge < -0.3 is 5.73 Å². The summed E-state index contributed by atoms with van der Waals surface area (Å²) in [6, 6.07) is 9.24. The van der Waals surface area contributed by atoms with Gasteiger partial charge in [-0.05, 0) is 24.8 Å². The molecule has 1 aromatic rings. The highest BCUT2D eigenvalue weighted by atomic mass is 19.4. The van der Waals surface area contributed by atoms with E-state index in [-0.39, 0.29) is 11.8 Å². The maximum atomic E-state index is 12.2. The number of rotatable bonds is 4. The Bertz CT molecular complexity index is 368. The van der Waals surface area contributed by atoms with Crippen molar-refractivity contribution in [1.82, 2.24) is 0 Å². The Kier molecular flexibility index (Phi) is 3.17. The number of benzene rings is 1. The Balaban J connectivity index is 2.02. The molecule has 1 aliphatic carbocycles. The van der Waals surface area contributed by atoms with E-state index < -0.39 is 18.6 Å². The minimum absolute atomic E-state index is 0.0123. The molecule has 1 unspecified atom stereocenters. The molecule has 1 aromatic carbocycles. The van der Waals surface area contributed by atoms with Crippen molar-refractivity contribution in [3.8, 4) is 0 Å². The third kappa shape index (κ3) is 2.80. The van der Waals surface area contributed by atoms with Crippen molar-refractivity contribution < 1.29 is 13.2 Å². The number of hydrogen-bond acceptors (Lipinski definition) is 1. The molecule has 1 saturated carbocycles. The summed E-state index contributed by atoms with van der Waals surface area (Å²) in [5.74, 6) is 0. The Hall–Kier alpha value is -1.03. The van der Waals surface area contributed by atoms with Crippen LogP contribution in [0.3, 0.4) is 0 Å². The molecule has 0 aliphatic heterocycles. The second-order valence-corrected chi connectivity index (χ2v) is 4.78. The van der Waals surface area contributed by atoms with Gasteiger partial charge in [-0.25, -0.2) is 0 Å². The van der Waals surface area contributed by atoms with Gasteiger partial charge in [0.1, 0.15) is 0 Å². The predicted molar refractivity (Wildman–Crippen MR) is 60.6 cm³/mol. The molecule has 2 rings (SSSR count). The summed E-state index contributed by atoms with van der Waals surface area (Å²) >= 11 is 0.